The van der Waals surface area contributed by atoms with Gasteiger partial charge in [-0.3, -0.25) is 4.98 Å². The lowest BCUT2D eigenvalue weighted by Gasteiger charge is -2.18. The molecule has 1 aliphatic carbocycles. The Morgan fingerprint density at radius 2 is 2.00 bits per heavy atom. The maximum absolute atomic E-state index is 4.69. The number of nitrogens with one attached hydrogen (secondary N) is 1. The summed E-state index contributed by atoms with van der Waals surface area (Å²) in [6.45, 7) is 1.76. The predicted molar refractivity (Wildman–Crippen MR) is 85.3 cm³/mol. The molecule has 1 aliphatic rings. The van der Waals surface area contributed by atoms with Gasteiger partial charge in [-0.2, -0.15) is 0 Å². The van der Waals surface area contributed by atoms with Gasteiger partial charge in [-0.1, -0.05) is 30.3 Å². The standard InChI is InChI=1S/C17H22N4/c1-21(10-9-14-5-3-2-4-6-14)17-13-18-11-16(20-17)12-19-15-7-8-15/h2-6,11,13,15,19H,7-10,12H2,1H3. The van der Waals surface area contributed by atoms with Gasteiger partial charge in [-0.05, 0) is 24.8 Å². The first-order valence-corrected chi connectivity index (χ1v) is 7.60. The number of hydrogen-bond acceptors (Lipinski definition) is 4. The van der Waals surface area contributed by atoms with Crippen LogP contribution in [0, 0.1) is 0 Å². The van der Waals surface area contributed by atoms with Crippen molar-refractivity contribution >= 4 is 5.82 Å². The third-order valence-electron chi connectivity index (χ3n) is 3.79. The number of likely N-dealkylation sites (N-methyl/N-ethyl adjacent to an activating group) is 1. The van der Waals surface area contributed by atoms with Gasteiger partial charge in [0.25, 0.3) is 0 Å². The van der Waals surface area contributed by atoms with Gasteiger partial charge in [0.05, 0.1) is 11.9 Å². The molecule has 1 aromatic carbocycles. The summed E-state index contributed by atoms with van der Waals surface area (Å²) in [6.07, 6.45) is 7.30. The molecule has 3 rings (SSSR count). The third-order valence-corrected chi connectivity index (χ3v) is 3.79. The molecule has 1 heterocycles. The molecular weight excluding hydrogens is 260 g/mol. The average Bonchev–Trinajstić information content (AvgIpc) is 3.36. The van der Waals surface area contributed by atoms with Gasteiger partial charge < -0.3 is 10.2 Å². The van der Waals surface area contributed by atoms with Crippen LogP contribution in [0.1, 0.15) is 24.1 Å². The van der Waals surface area contributed by atoms with Gasteiger partial charge >= 0.3 is 0 Å². The fourth-order valence-corrected chi connectivity index (χ4v) is 2.26. The van der Waals surface area contributed by atoms with Crippen LogP contribution >= 0.6 is 0 Å². The van der Waals surface area contributed by atoms with Crippen LogP contribution in [-0.4, -0.2) is 29.6 Å². The highest BCUT2D eigenvalue weighted by Gasteiger charge is 2.20. The molecule has 4 nitrogen and oxygen atoms in total. The first-order chi connectivity index (χ1) is 10.3. The number of hydrogen-bond donors (Lipinski definition) is 1. The Bertz CT molecular complexity index is 566. The van der Waals surface area contributed by atoms with Gasteiger partial charge in [-0.25, -0.2) is 4.98 Å². The van der Waals surface area contributed by atoms with E-state index in [9.17, 15) is 0 Å². The summed E-state index contributed by atoms with van der Waals surface area (Å²) in [6, 6.07) is 11.2. The zero-order valence-electron chi connectivity index (χ0n) is 12.5. The van der Waals surface area contributed by atoms with E-state index in [-0.39, 0.29) is 0 Å². The number of nitrogens with zero attached hydrogens (tertiary/aromatic N) is 3. The highest BCUT2D eigenvalue weighted by molar-refractivity contribution is 5.35. The lowest BCUT2D eigenvalue weighted by Crippen LogP contribution is -2.23. The molecule has 0 amide bonds. The van der Waals surface area contributed by atoms with Gasteiger partial charge in [-0.15, -0.1) is 0 Å². The van der Waals surface area contributed by atoms with E-state index in [0.717, 1.165) is 31.0 Å². The topological polar surface area (TPSA) is 41.1 Å². The second-order valence-electron chi connectivity index (χ2n) is 5.68. The fourth-order valence-electron chi connectivity index (χ4n) is 2.26. The molecule has 1 aromatic heterocycles. The summed E-state index contributed by atoms with van der Waals surface area (Å²) >= 11 is 0. The fraction of sp³-hybridized carbons (Fsp3) is 0.412. The molecule has 4 heteroatoms. The molecule has 21 heavy (non-hydrogen) atoms. The van der Waals surface area contributed by atoms with Gasteiger partial charge in [0.1, 0.15) is 5.82 Å². The van der Waals surface area contributed by atoms with E-state index in [1.165, 1.54) is 18.4 Å². The second kappa shape index (κ2) is 6.68. The number of aromatic nitrogens is 2. The van der Waals surface area contributed by atoms with E-state index >= 15 is 0 Å². The van der Waals surface area contributed by atoms with Crippen molar-refractivity contribution in [1.82, 2.24) is 15.3 Å². The Labute approximate surface area is 126 Å². The lowest BCUT2D eigenvalue weighted by molar-refractivity contribution is 0.670. The molecule has 0 atom stereocenters. The summed E-state index contributed by atoms with van der Waals surface area (Å²) in [7, 11) is 2.07. The highest BCUT2D eigenvalue weighted by atomic mass is 15.2. The molecule has 0 aliphatic heterocycles. The van der Waals surface area contributed by atoms with Gasteiger partial charge in [0.2, 0.25) is 0 Å². The highest BCUT2D eigenvalue weighted by Crippen LogP contribution is 2.19. The van der Waals surface area contributed by atoms with Crippen molar-refractivity contribution in [3.05, 3.63) is 54.0 Å². The van der Waals surface area contributed by atoms with Crippen molar-refractivity contribution in [1.29, 1.82) is 0 Å². The Morgan fingerprint density at radius 3 is 2.76 bits per heavy atom. The molecule has 1 N–H and O–H groups in total. The van der Waals surface area contributed by atoms with Gasteiger partial charge in [0.15, 0.2) is 0 Å². The molecule has 0 radical (unpaired) electrons. The third kappa shape index (κ3) is 4.26. The summed E-state index contributed by atoms with van der Waals surface area (Å²) in [5.41, 5.74) is 2.37. The van der Waals surface area contributed by atoms with Crippen LogP contribution < -0.4 is 10.2 Å². The Kier molecular flexibility index (Phi) is 4.46. The first-order valence-electron chi connectivity index (χ1n) is 7.60. The monoisotopic (exact) mass is 282 g/mol. The van der Waals surface area contributed by atoms with E-state index in [0.29, 0.717) is 6.04 Å². The molecular formula is C17H22N4. The van der Waals surface area contributed by atoms with Gasteiger partial charge in [0, 0.05) is 32.4 Å². The molecule has 0 saturated heterocycles. The molecule has 110 valence electrons. The Hall–Kier alpha value is -1.94. The molecule has 1 saturated carbocycles. The summed E-state index contributed by atoms with van der Waals surface area (Å²) in [5.74, 6) is 0.945. The minimum absolute atomic E-state index is 0.700. The number of anilines is 1. The van der Waals surface area contributed by atoms with E-state index in [1.807, 2.05) is 12.4 Å². The van der Waals surface area contributed by atoms with E-state index in [4.69, 9.17) is 0 Å². The normalized spacial score (nSPS) is 14.1. The zero-order chi connectivity index (χ0) is 14.5. The zero-order valence-corrected chi connectivity index (χ0v) is 12.5. The van der Waals surface area contributed by atoms with Crippen LogP contribution in [-0.2, 0) is 13.0 Å². The summed E-state index contributed by atoms with van der Waals surface area (Å²) in [5, 5.41) is 3.48. The number of benzene rings is 1. The Balaban J connectivity index is 1.55. The van der Waals surface area contributed by atoms with Crippen molar-refractivity contribution < 1.29 is 0 Å². The second-order valence-corrected chi connectivity index (χ2v) is 5.68. The van der Waals surface area contributed by atoms with E-state index < -0.39 is 0 Å². The summed E-state index contributed by atoms with van der Waals surface area (Å²) < 4.78 is 0. The van der Waals surface area contributed by atoms with Crippen molar-refractivity contribution in [2.45, 2.75) is 31.8 Å². The Morgan fingerprint density at radius 1 is 1.19 bits per heavy atom. The van der Waals surface area contributed by atoms with Crippen molar-refractivity contribution in [3.63, 3.8) is 0 Å². The van der Waals surface area contributed by atoms with E-state index in [2.05, 4.69) is 57.6 Å². The van der Waals surface area contributed by atoms with Crippen LogP contribution in [0.3, 0.4) is 0 Å². The van der Waals surface area contributed by atoms with Crippen LogP contribution in [0.4, 0.5) is 5.82 Å². The minimum atomic E-state index is 0.700. The van der Waals surface area contributed by atoms with E-state index in [1.54, 1.807) is 0 Å². The smallest absolute Gasteiger partial charge is 0.147 e. The molecule has 1 fully saturated rings. The predicted octanol–water partition coefficient (Wildman–Crippen LogP) is 2.41. The van der Waals surface area contributed by atoms with Crippen molar-refractivity contribution in [3.8, 4) is 0 Å². The van der Waals surface area contributed by atoms with Crippen molar-refractivity contribution in [2.75, 3.05) is 18.5 Å². The van der Waals surface area contributed by atoms with Crippen LogP contribution in [0.2, 0.25) is 0 Å². The molecule has 0 spiro atoms. The lowest BCUT2D eigenvalue weighted by atomic mass is 10.1. The van der Waals surface area contributed by atoms with Crippen LogP contribution in [0.25, 0.3) is 0 Å². The quantitative estimate of drug-likeness (QED) is 0.846. The molecule has 2 aromatic rings. The minimum Gasteiger partial charge on any atom is -0.358 e. The molecule has 0 bridgehead atoms. The summed E-state index contributed by atoms with van der Waals surface area (Å²) in [4.78, 5) is 11.2. The van der Waals surface area contributed by atoms with Crippen LogP contribution in [0.15, 0.2) is 42.7 Å². The average molecular weight is 282 g/mol. The van der Waals surface area contributed by atoms with Crippen molar-refractivity contribution in [2.24, 2.45) is 0 Å². The first kappa shape index (κ1) is 14.0. The maximum Gasteiger partial charge on any atom is 0.147 e. The maximum atomic E-state index is 4.69. The van der Waals surface area contributed by atoms with Crippen LogP contribution in [0.5, 0.6) is 0 Å². The molecule has 0 unspecified atom stereocenters. The SMILES string of the molecule is CN(CCc1ccccc1)c1cncc(CNC2CC2)n1. The number of rotatable bonds is 7. The largest absolute Gasteiger partial charge is 0.358 e.